The largest absolute Gasteiger partial charge is 0.399 e. The molecule has 0 aliphatic carbocycles. The first-order valence-electron chi connectivity index (χ1n) is 3.21. The zero-order valence-corrected chi connectivity index (χ0v) is 5.88. The van der Waals surface area contributed by atoms with E-state index in [1.54, 1.807) is 6.07 Å². The Morgan fingerprint density at radius 1 is 1.55 bits per heavy atom. The molecule has 11 heavy (non-hydrogen) atoms. The monoisotopic (exact) mass is 153 g/mol. The van der Waals surface area contributed by atoms with Gasteiger partial charge in [0.1, 0.15) is 12.1 Å². The van der Waals surface area contributed by atoms with Crippen LogP contribution < -0.4 is 5.73 Å². The second kappa shape index (κ2) is 3.14. The summed E-state index contributed by atoms with van der Waals surface area (Å²) in [5.74, 6) is -0.419. The fraction of sp³-hybridized carbons (Fsp3) is 0.125. The molecule has 1 rings (SSSR count). The van der Waals surface area contributed by atoms with Crippen molar-refractivity contribution in [3.63, 3.8) is 0 Å². The van der Waals surface area contributed by atoms with Crippen molar-refractivity contribution in [3.05, 3.63) is 29.6 Å². The Morgan fingerprint density at radius 2 is 2.27 bits per heavy atom. The van der Waals surface area contributed by atoms with Crippen molar-refractivity contribution in [2.24, 2.45) is 0 Å². The van der Waals surface area contributed by atoms with E-state index in [1.165, 1.54) is 12.1 Å². The molecular formula is C8H8FNO. The van der Waals surface area contributed by atoms with Crippen molar-refractivity contribution >= 4 is 12.0 Å². The molecule has 0 amide bonds. The third-order valence-corrected chi connectivity index (χ3v) is 1.38. The molecule has 3 heteroatoms. The van der Waals surface area contributed by atoms with E-state index in [4.69, 9.17) is 5.73 Å². The summed E-state index contributed by atoms with van der Waals surface area (Å²) in [6.07, 6.45) is 0.765. The maximum Gasteiger partial charge on any atom is 0.128 e. The van der Waals surface area contributed by atoms with Gasteiger partial charge in [0.15, 0.2) is 0 Å². The molecule has 0 aromatic heterocycles. The van der Waals surface area contributed by atoms with Crippen LogP contribution in [0.4, 0.5) is 10.1 Å². The number of carbonyl (C=O) groups excluding carboxylic acids is 1. The highest BCUT2D eigenvalue weighted by atomic mass is 19.1. The SMILES string of the molecule is Nc1ccc(CC=O)c(F)c1. The lowest BCUT2D eigenvalue weighted by atomic mass is 10.1. The number of halogens is 1. The van der Waals surface area contributed by atoms with E-state index in [9.17, 15) is 9.18 Å². The molecule has 1 aromatic carbocycles. The minimum absolute atomic E-state index is 0.103. The summed E-state index contributed by atoms with van der Waals surface area (Å²) in [7, 11) is 0. The van der Waals surface area contributed by atoms with E-state index in [0.29, 0.717) is 17.5 Å². The average Bonchev–Trinajstić information content (AvgIpc) is 1.95. The van der Waals surface area contributed by atoms with Crippen LogP contribution in [-0.4, -0.2) is 6.29 Å². The number of aldehydes is 1. The van der Waals surface area contributed by atoms with Gasteiger partial charge in [-0.1, -0.05) is 6.07 Å². The number of rotatable bonds is 2. The Balaban J connectivity index is 2.98. The van der Waals surface area contributed by atoms with E-state index in [0.717, 1.165) is 0 Å². The lowest BCUT2D eigenvalue weighted by Crippen LogP contribution is -1.93. The Hall–Kier alpha value is -1.38. The molecule has 0 fully saturated rings. The lowest BCUT2D eigenvalue weighted by molar-refractivity contribution is -0.107. The van der Waals surface area contributed by atoms with Crippen molar-refractivity contribution < 1.29 is 9.18 Å². The van der Waals surface area contributed by atoms with E-state index in [2.05, 4.69) is 0 Å². The molecule has 0 radical (unpaired) electrons. The molecule has 0 saturated carbocycles. The number of anilines is 1. The van der Waals surface area contributed by atoms with Gasteiger partial charge in [0.25, 0.3) is 0 Å². The number of hydrogen-bond donors (Lipinski definition) is 1. The predicted octanol–water partition coefficient (Wildman–Crippen LogP) is 1.15. The number of hydrogen-bond acceptors (Lipinski definition) is 2. The van der Waals surface area contributed by atoms with Gasteiger partial charge in [-0.2, -0.15) is 0 Å². The van der Waals surface area contributed by atoms with Gasteiger partial charge in [0, 0.05) is 12.1 Å². The fourth-order valence-corrected chi connectivity index (χ4v) is 0.819. The molecule has 2 N–H and O–H groups in total. The summed E-state index contributed by atoms with van der Waals surface area (Å²) in [6.45, 7) is 0. The number of benzene rings is 1. The highest BCUT2D eigenvalue weighted by molar-refractivity contribution is 5.56. The van der Waals surface area contributed by atoms with Crippen LogP contribution in [0.3, 0.4) is 0 Å². The first-order chi connectivity index (χ1) is 5.24. The molecule has 0 saturated heterocycles. The zero-order valence-electron chi connectivity index (χ0n) is 5.88. The summed E-state index contributed by atoms with van der Waals surface area (Å²) >= 11 is 0. The van der Waals surface area contributed by atoms with Crippen LogP contribution in [0.2, 0.25) is 0 Å². The minimum atomic E-state index is -0.419. The van der Waals surface area contributed by atoms with Crippen LogP contribution >= 0.6 is 0 Å². The highest BCUT2D eigenvalue weighted by Gasteiger charge is 1.99. The minimum Gasteiger partial charge on any atom is -0.399 e. The smallest absolute Gasteiger partial charge is 0.128 e. The summed E-state index contributed by atoms with van der Waals surface area (Å²) < 4.78 is 12.8. The second-order valence-corrected chi connectivity index (χ2v) is 2.22. The van der Waals surface area contributed by atoms with Crippen LogP contribution in [-0.2, 0) is 11.2 Å². The molecule has 0 spiro atoms. The third kappa shape index (κ3) is 1.77. The van der Waals surface area contributed by atoms with Gasteiger partial charge in [-0.3, -0.25) is 0 Å². The summed E-state index contributed by atoms with van der Waals surface area (Å²) in [5.41, 5.74) is 6.05. The Kier molecular flexibility index (Phi) is 2.21. The zero-order chi connectivity index (χ0) is 8.27. The normalized spacial score (nSPS) is 9.55. The van der Waals surface area contributed by atoms with Crippen LogP contribution in [0.25, 0.3) is 0 Å². The van der Waals surface area contributed by atoms with Gasteiger partial charge in [-0.25, -0.2) is 4.39 Å². The second-order valence-electron chi connectivity index (χ2n) is 2.22. The quantitative estimate of drug-likeness (QED) is 0.511. The van der Waals surface area contributed by atoms with E-state index < -0.39 is 5.82 Å². The fourth-order valence-electron chi connectivity index (χ4n) is 0.819. The van der Waals surface area contributed by atoms with E-state index in [1.807, 2.05) is 0 Å². The van der Waals surface area contributed by atoms with Crippen molar-refractivity contribution in [1.29, 1.82) is 0 Å². The molecule has 0 atom stereocenters. The molecule has 2 nitrogen and oxygen atoms in total. The molecule has 0 bridgehead atoms. The van der Waals surface area contributed by atoms with Crippen LogP contribution in [0, 0.1) is 5.82 Å². The first kappa shape index (κ1) is 7.72. The van der Waals surface area contributed by atoms with Crippen LogP contribution in [0.5, 0.6) is 0 Å². The van der Waals surface area contributed by atoms with Crippen molar-refractivity contribution in [2.45, 2.75) is 6.42 Å². The molecular weight excluding hydrogens is 145 g/mol. The summed E-state index contributed by atoms with van der Waals surface area (Å²) in [5, 5.41) is 0. The number of carbonyl (C=O) groups is 1. The first-order valence-corrected chi connectivity index (χ1v) is 3.21. The van der Waals surface area contributed by atoms with Crippen LogP contribution in [0.15, 0.2) is 18.2 Å². The van der Waals surface area contributed by atoms with Gasteiger partial charge < -0.3 is 10.5 Å². The van der Waals surface area contributed by atoms with E-state index in [-0.39, 0.29) is 6.42 Å². The Bertz CT molecular complexity index is 273. The molecule has 1 aromatic rings. The van der Waals surface area contributed by atoms with Crippen molar-refractivity contribution in [2.75, 3.05) is 5.73 Å². The standard InChI is InChI=1S/C8H8FNO/c9-8-5-7(10)2-1-6(8)3-4-11/h1-2,4-5H,3,10H2. The number of nitrogens with two attached hydrogens (primary N) is 1. The summed E-state index contributed by atoms with van der Waals surface area (Å²) in [4.78, 5) is 10.0. The average molecular weight is 153 g/mol. The molecule has 0 unspecified atom stereocenters. The third-order valence-electron chi connectivity index (χ3n) is 1.38. The van der Waals surface area contributed by atoms with E-state index >= 15 is 0 Å². The summed E-state index contributed by atoms with van der Waals surface area (Å²) in [6, 6.07) is 4.29. The number of nitrogen functional groups attached to an aromatic ring is 1. The van der Waals surface area contributed by atoms with Crippen molar-refractivity contribution in [1.82, 2.24) is 0 Å². The lowest BCUT2D eigenvalue weighted by Gasteiger charge is -1.98. The molecule has 0 aliphatic rings. The van der Waals surface area contributed by atoms with Crippen molar-refractivity contribution in [3.8, 4) is 0 Å². The van der Waals surface area contributed by atoms with Crippen LogP contribution in [0.1, 0.15) is 5.56 Å². The maximum absolute atomic E-state index is 12.8. The van der Waals surface area contributed by atoms with Gasteiger partial charge >= 0.3 is 0 Å². The maximum atomic E-state index is 12.8. The Labute approximate surface area is 63.8 Å². The highest BCUT2D eigenvalue weighted by Crippen LogP contribution is 2.11. The molecule has 0 heterocycles. The predicted molar refractivity (Wildman–Crippen MR) is 40.6 cm³/mol. The van der Waals surface area contributed by atoms with Gasteiger partial charge in [-0.15, -0.1) is 0 Å². The van der Waals surface area contributed by atoms with Gasteiger partial charge in [-0.05, 0) is 17.7 Å². The van der Waals surface area contributed by atoms with Gasteiger partial charge in [0.05, 0.1) is 0 Å². The topological polar surface area (TPSA) is 43.1 Å². The Morgan fingerprint density at radius 3 is 2.82 bits per heavy atom. The van der Waals surface area contributed by atoms with Gasteiger partial charge in [0.2, 0.25) is 0 Å². The molecule has 58 valence electrons. The molecule has 0 aliphatic heterocycles.